The van der Waals surface area contributed by atoms with Crippen LogP contribution in [0.3, 0.4) is 0 Å². The molecule has 0 saturated carbocycles. The Hall–Kier alpha value is -0.570. The zero-order chi connectivity index (χ0) is 10.2. The van der Waals surface area contributed by atoms with Gasteiger partial charge in [-0.25, -0.2) is 0 Å². The highest BCUT2D eigenvalue weighted by Crippen LogP contribution is 2.34. The molecule has 1 atom stereocenters. The van der Waals surface area contributed by atoms with Crippen LogP contribution in [-0.2, 0) is 4.79 Å². The first-order valence-electron chi connectivity index (χ1n) is 4.84. The van der Waals surface area contributed by atoms with E-state index in [9.17, 15) is 4.79 Å². The summed E-state index contributed by atoms with van der Waals surface area (Å²) in [4.78, 5) is 13.1. The number of hydrogen-bond acceptors (Lipinski definition) is 2. The molecule has 1 heterocycles. The first-order valence-corrected chi connectivity index (χ1v) is 4.84. The molecule has 1 unspecified atom stereocenters. The van der Waals surface area contributed by atoms with E-state index in [2.05, 4.69) is 32.6 Å². The molecule has 0 radical (unpaired) electrons. The topological polar surface area (TPSA) is 40.5 Å². The van der Waals surface area contributed by atoms with Gasteiger partial charge in [-0.05, 0) is 34.1 Å². The molecule has 1 saturated heterocycles. The predicted octanol–water partition coefficient (Wildman–Crippen LogP) is 1.58. The highest BCUT2D eigenvalue weighted by Gasteiger charge is 2.42. The minimum absolute atomic E-state index is 0.0389. The van der Waals surface area contributed by atoms with Crippen LogP contribution < -0.4 is 0 Å². The van der Waals surface area contributed by atoms with Gasteiger partial charge in [-0.15, -0.1) is 0 Å². The fourth-order valence-electron chi connectivity index (χ4n) is 2.34. The lowest BCUT2D eigenvalue weighted by Crippen LogP contribution is -2.42. The molecule has 0 aliphatic carbocycles. The Kier molecular flexibility index (Phi) is 2.66. The molecule has 76 valence electrons. The summed E-state index contributed by atoms with van der Waals surface area (Å²) in [5, 5.41) is 8.92. The van der Waals surface area contributed by atoms with Crippen molar-refractivity contribution < 1.29 is 9.90 Å². The number of likely N-dealkylation sites (tertiary alicyclic amines) is 1. The lowest BCUT2D eigenvalue weighted by atomic mass is 9.96. The van der Waals surface area contributed by atoms with Crippen molar-refractivity contribution in [2.75, 3.05) is 6.54 Å². The molecule has 1 N–H and O–H groups in total. The van der Waals surface area contributed by atoms with Crippen molar-refractivity contribution in [2.45, 2.75) is 45.7 Å². The van der Waals surface area contributed by atoms with Gasteiger partial charge in [0.05, 0.1) is 5.92 Å². The van der Waals surface area contributed by atoms with Gasteiger partial charge in [0.25, 0.3) is 0 Å². The lowest BCUT2D eigenvalue weighted by Gasteiger charge is -2.34. The van der Waals surface area contributed by atoms with Crippen molar-refractivity contribution in [3.63, 3.8) is 0 Å². The van der Waals surface area contributed by atoms with E-state index in [-0.39, 0.29) is 11.5 Å². The summed E-state index contributed by atoms with van der Waals surface area (Å²) >= 11 is 0. The molecule has 1 fully saturated rings. The average Bonchev–Trinajstić information content (AvgIpc) is 2.25. The quantitative estimate of drug-likeness (QED) is 0.710. The maximum absolute atomic E-state index is 10.8. The highest BCUT2D eigenvalue weighted by atomic mass is 16.4. The molecule has 1 aliphatic rings. The number of carboxylic acids is 1. The Morgan fingerprint density at radius 1 is 1.54 bits per heavy atom. The second kappa shape index (κ2) is 3.29. The fraction of sp³-hybridized carbons (Fsp3) is 0.900. The molecule has 0 aromatic carbocycles. The molecule has 1 rings (SSSR count). The van der Waals surface area contributed by atoms with E-state index in [4.69, 9.17) is 5.11 Å². The van der Waals surface area contributed by atoms with Gasteiger partial charge in [0.2, 0.25) is 0 Å². The SMILES string of the molecule is CC(C)N1CC(C(=O)O)CC1(C)C. The molecule has 0 spiro atoms. The molecule has 0 amide bonds. The molecule has 0 bridgehead atoms. The number of carbonyl (C=O) groups is 1. The minimum atomic E-state index is -0.656. The van der Waals surface area contributed by atoms with E-state index in [1.54, 1.807) is 0 Å². The van der Waals surface area contributed by atoms with Crippen LogP contribution in [0, 0.1) is 5.92 Å². The van der Waals surface area contributed by atoms with Gasteiger partial charge in [-0.1, -0.05) is 0 Å². The summed E-state index contributed by atoms with van der Waals surface area (Å²) in [6, 6.07) is 0.430. The molecular weight excluding hydrogens is 166 g/mol. The largest absolute Gasteiger partial charge is 0.481 e. The summed E-state index contributed by atoms with van der Waals surface area (Å²) < 4.78 is 0. The summed E-state index contributed by atoms with van der Waals surface area (Å²) in [5.74, 6) is -0.839. The zero-order valence-corrected chi connectivity index (χ0v) is 8.87. The van der Waals surface area contributed by atoms with Gasteiger partial charge in [0, 0.05) is 18.1 Å². The smallest absolute Gasteiger partial charge is 0.307 e. The van der Waals surface area contributed by atoms with Crippen LogP contribution >= 0.6 is 0 Å². The number of rotatable bonds is 2. The third-order valence-corrected chi connectivity index (χ3v) is 2.91. The van der Waals surface area contributed by atoms with E-state index in [1.807, 2.05) is 0 Å². The van der Waals surface area contributed by atoms with Crippen molar-refractivity contribution in [3.05, 3.63) is 0 Å². The van der Waals surface area contributed by atoms with Crippen molar-refractivity contribution in [3.8, 4) is 0 Å². The van der Waals surface area contributed by atoms with Crippen LogP contribution in [0.2, 0.25) is 0 Å². The van der Waals surface area contributed by atoms with Crippen LogP contribution in [0.15, 0.2) is 0 Å². The van der Waals surface area contributed by atoms with Crippen molar-refractivity contribution in [1.29, 1.82) is 0 Å². The number of carboxylic acid groups (broad SMARTS) is 1. The summed E-state index contributed by atoms with van der Waals surface area (Å²) in [6.45, 7) is 9.17. The van der Waals surface area contributed by atoms with Gasteiger partial charge >= 0.3 is 5.97 Å². The Bertz CT molecular complexity index is 211. The number of aliphatic carboxylic acids is 1. The molecular formula is C10H19NO2. The standard InChI is InChI=1S/C10H19NO2/c1-7(2)11-6-8(9(12)13)5-10(11,3)4/h7-8H,5-6H2,1-4H3,(H,12,13). The molecule has 13 heavy (non-hydrogen) atoms. The molecule has 0 aromatic rings. The van der Waals surface area contributed by atoms with Crippen LogP contribution in [0.25, 0.3) is 0 Å². The van der Waals surface area contributed by atoms with Gasteiger partial charge in [0.15, 0.2) is 0 Å². The van der Waals surface area contributed by atoms with Crippen LogP contribution in [0.5, 0.6) is 0 Å². The van der Waals surface area contributed by atoms with Crippen LogP contribution in [0.1, 0.15) is 34.1 Å². The minimum Gasteiger partial charge on any atom is -0.481 e. The summed E-state index contributed by atoms with van der Waals surface area (Å²) in [5.41, 5.74) is 0.0389. The molecule has 3 nitrogen and oxygen atoms in total. The number of hydrogen-bond donors (Lipinski definition) is 1. The second-order valence-corrected chi connectivity index (χ2v) is 4.80. The predicted molar refractivity (Wildman–Crippen MR) is 51.7 cm³/mol. The lowest BCUT2D eigenvalue weighted by molar-refractivity contribution is -0.141. The van der Waals surface area contributed by atoms with Crippen molar-refractivity contribution >= 4 is 5.97 Å². The monoisotopic (exact) mass is 185 g/mol. The van der Waals surface area contributed by atoms with E-state index < -0.39 is 5.97 Å². The molecule has 3 heteroatoms. The Morgan fingerprint density at radius 3 is 2.31 bits per heavy atom. The summed E-state index contributed by atoms with van der Waals surface area (Å²) in [6.07, 6.45) is 0.764. The van der Waals surface area contributed by atoms with Gasteiger partial charge in [-0.2, -0.15) is 0 Å². The zero-order valence-electron chi connectivity index (χ0n) is 8.87. The Morgan fingerprint density at radius 2 is 2.08 bits per heavy atom. The Labute approximate surface area is 79.7 Å². The second-order valence-electron chi connectivity index (χ2n) is 4.80. The van der Waals surface area contributed by atoms with Crippen LogP contribution in [-0.4, -0.2) is 34.1 Å². The normalized spacial score (nSPS) is 28.2. The fourth-order valence-corrected chi connectivity index (χ4v) is 2.34. The van der Waals surface area contributed by atoms with Gasteiger partial charge in [-0.3, -0.25) is 9.69 Å². The van der Waals surface area contributed by atoms with Crippen molar-refractivity contribution in [2.24, 2.45) is 5.92 Å². The van der Waals surface area contributed by atoms with E-state index in [0.29, 0.717) is 12.6 Å². The highest BCUT2D eigenvalue weighted by molar-refractivity contribution is 5.71. The van der Waals surface area contributed by atoms with E-state index in [0.717, 1.165) is 6.42 Å². The van der Waals surface area contributed by atoms with E-state index in [1.165, 1.54) is 0 Å². The molecule has 1 aliphatic heterocycles. The first kappa shape index (κ1) is 10.5. The van der Waals surface area contributed by atoms with Crippen LogP contribution in [0.4, 0.5) is 0 Å². The van der Waals surface area contributed by atoms with Gasteiger partial charge < -0.3 is 5.11 Å². The third kappa shape index (κ3) is 2.02. The molecule has 0 aromatic heterocycles. The van der Waals surface area contributed by atoms with E-state index >= 15 is 0 Å². The third-order valence-electron chi connectivity index (χ3n) is 2.91. The first-order chi connectivity index (χ1) is 5.84. The summed E-state index contributed by atoms with van der Waals surface area (Å²) in [7, 11) is 0. The number of nitrogens with zero attached hydrogens (tertiary/aromatic N) is 1. The maximum atomic E-state index is 10.8. The average molecular weight is 185 g/mol. The van der Waals surface area contributed by atoms with Gasteiger partial charge in [0.1, 0.15) is 0 Å². The Balaban J connectivity index is 2.73. The maximum Gasteiger partial charge on any atom is 0.307 e. The van der Waals surface area contributed by atoms with Crippen molar-refractivity contribution in [1.82, 2.24) is 4.90 Å².